The van der Waals surface area contributed by atoms with Crippen LogP contribution in [0.5, 0.6) is 0 Å². The van der Waals surface area contributed by atoms with Gasteiger partial charge in [-0.05, 0) is 148 Å². The average Bonchev–Trinajstić information content (AvgIpc) is 3.48. The van der Waals surface area contributed by atoms with Crippen LogP contribution in [0.4, 0.5) is 5.69 Å². The maximum absolute atomic E-state index is 12.6. The molecule has 9 unspecified atom stereocenters. The summed E-state index contributed by atoms with van der Waals surface area (Å²) in [5, 5.41) is 50.2. The number of nitrogens with zero attached hydrogens (tertiary/aromatic N) is 1. The lowest BCUT2D eigenvalue weighted by Gasteiger charge is -2.64. The molecule has 4 aliphatic carbocycles. The number of fused-ring (bicyclic) bond motifs is 6. The number of pyridine rings is 1. The van der Waals surface area contributed by atoms with Crippen molar-refractivity contribution in [3.63, 3.8) is 0 Å². The number of halogens is 1. The van der Waals surface area contributed by atoms with E-state index in [1.165, 1.54) is 0 Å². The lowest BCUT2D eigenvalue weighted by atomic mass is 9.42. The minimum atomic E-state index is -0.841. The number of benzene rings is 2. The number of carboxylic acids is 1. The van der Waals surface area contributed by atoms with E-state index in [9.17, 15) is 30.0 Å². The molecule has 9 heteroatoms. The Bertz CT molecular complexity index is 1920. The summed E-state index contributed by atoms with van der Waals surface area (Å²) >= 11 is 6.85. The summed E-state index contributed by atoms with van der Waals surface area (Å²) in [6.45, 7) is 10.6. The largest absolute Gasteiger partial charge is 0.481 e. The number of carbonyl (C=O) groups excluding carboxylic acids is 1. The highest BCUT2D eigenvalue weighted by atomic mass is 35.5. The van der Waals surface area contributed by atoms with Crippen molar-refractivity contribution in [3.05, 3.63) is 69.9 Å². The molecule has 54 heavy (non-hydrogen) atoms. The van der Waals surface area contributed by atoms with Crippen LogP contribution in [0.2, 0.25) is 5.02 Å². The molecule has 11 atom stereocenters. The van der Waals surface area contributed by atoms with Gasteiger partial charge in [0.2, 0.25) is 0 Å². The van der Waals surface area contributed by atoms with Crippen LogP contribution in [0, 0.1) is 53.3 Å². The topological polar surface area (TPSA) is 140 Å². The second kappa shape index (κ2) is 14.8. The number of carbonyl (C=O) groups is 2. The fourth-order valence-electron chi connectivity index (χ4n) is 12.4. The summed E-state index contributed by atoms with van der Waals surface area (Å²) in [5.41, 5.74) is 3.62. The second-order valence-corrected chi connectivity index (χ2v) is 18.6. The Hall–Kier alpha value is -3.04. The molecule has 292 valence electrons. The number of aryl methyl sites for hydroxylation is 2. The van der Waals surface area contributed by atoms with Gasteiger partial charge >= 0.3 is 5.97 Å². The Morgan fingerprint density at radius 3 is 2.54 bits per heavy atom. The molecule has 2 aromatic carbocycles. The maximum Gasteiger partial charge on any atom is 0.303 e. The van der Waals surface area contributed by atoms with Gasteiger partial charge < -0.3 is 25.7 Å². The van der Waals surface area contributed by atoms with Crippen LogP contribution in [0.3, 0.4) is 0 Å². The lowest BCUT2D eigenvalue weighted by Crippen LogP contribution is -2.63. The van der Waals surface area contributed by atoms with Gasteiger partial charge in [-0.2, -0.15) is 0 Å². The molecule has 0 bridgehead atoms. The van der Waals surface area contributed by atoms with Crippen LogP contribution < -0.4 is 5.32 Å². The number of aliphatic hydroxyl groups excluding tert-OH is 2. The number of anilines is 1. The molecule has 0 saturated heterocycles. The van der Waals surface area contributed by atoms with Crippen LogP contribution in [0.1, 0.15) is 119 Å². The zero-order valence-electron chi connectivity index (χ0n) is 32.6. The van der Waals surface area contributed by atoms with E-state index >= 15 is 0 Å². The minimum absolute atomic E-state index is 0.0409. The van der Waals surface area contributed by atoms with Gasteiger partial charge in [-0.1, -0.05) is 62.7 Å². The molecule has 5 N–H and O–H groups in total. The van der Waals surface area contributed by atoms with Gasteiger partial charge in [0.15, 0.2) is 5.78 Å². The van der Waals surface area contributed by atoms with Crippen LogP contribution >= 0.6 is 11.6 Å². The molecule has 1 aromatic heterocycles. The molecule has 3 aromatic rings. The van der Waals surface area contributed by atoms with Gasteiger partial charge in [0.1, 0.15) is 0 Å². The molecule has 4 saturated carbocycles. The first-order valence-corrected chi connectivity index (χ1v) is 20.6. The summed E-state index contributed by atoms with van der Waals surface area (Å²) in [7, 11) is 0. The van der Waals surface area contributed by atoms with Crippen molar-refractivity contribution < 1.29 is 30.0 Å². The number of para-hydroxylation sites is 1. The molecular formula is C45H59ClN2O6. The van der Waals surface area contributed by atoms with Gasteiger partial charge in [-0.15, -0.1) is 0 Å². The van der Waals surface area contributed by atoms with Crippen LogP contribution in [-0.4, -0.2) is 55.0 Å². The Labute approximate surface area is 325 Å². The van der Waals surface area contributed by atoms with E-state index in [4.69, 9.17) is 11.6 Å². The third-order valence-corrected chi connectivity index (χ3v) is 15.7. The lowest BCUT2D eigenvalue weighted by molar-refractivity contribution is -0.216. The van der Waals surface area contributed by atoms with Crippen molar-refractivity contribution in [2.45, 2.75) is 130 Å². The molecule has 8 nitrogen and oxygen atoms in total. The first-order chi connectivity index (χ1) is 25.6. The van der Waals surface area contributed by atoms with Crippen LogP contribution in [-0.2, 0) is 17.8 Å². The van der Waals surface area contributed by atoms with E-state index in [1.807, 2.05) is 43.3 Å². The summed E-state index contributed by atoms with van der Waals surface area (Å²) in [6.07, 6.45) is 6.58. The number of aromatic nitrogens is 1. The maximum atomic E-state index is 12.6. The number of hydrogen-bond acceptors (Lipinski definition) is 7. The van der Waals surface area contributed by atoms with Crippen molar-refractivity contribution in [3.8, 4) is 0 Å². The monoisotopic (exact) mass is 758 g/mol. The molecule has 0 radical (unpaired) electrons. The zero-order valence-corrected chi connectivity index (χ0v) is 33.3. The summed E-state index contributed by atoms with van der Waals surface area (Å²) in [5.74, 6) is 0.330. The standard InChI is InChI=1S/C45H59ClN2O6/c1-25(10-15-39(52)53)32-13-14-33-41-34(22-38(51)44(32,33)5)43(4)18-19-45(54,23-30(43)21-37(41)50)17-16-28-11-12-29(35(46)20-28)24-47-42-31-8-6-7-9-36(31)48-26(2)40(42)27(3)49/h6-9,11-12,20,25,30,32-34,37-38,41,50-51,54H,10,13-19,21-24H2,1-5H3,(H,47,48)(H,52,53)/t25?,30?,32-,33?,34?,37?,38?,41?,43?,44?,45-/m1/s1. The zero-order chi connectivity index (χ0) is 38.7. The molecule has 4 fully saturated rings. The molecule has 0 spiro atoms. The van der Waals surface area contributed by atoms with Gasteiger partial charge in [-0.25, -0.2) is 0 Å². The van der Waals surface area contributed by atoms with Crippen LogP contribution in [0.25, 0.3) is 10.9 Å². The number of aliphatic carboxylic acids is 1. The Balaban J connectivity index is 1.00. The molecular weight excluding hydrogens is 700 g/mol. The minimum Gasteiger partial charge on any atom is -0.481 e. The van der Waals surface area contributed by atoms with Gasteiger partial charge in [-0.3, -0.25) is 14.6 Å². The predicted molar refractivity (Wildman–Crippen MR) is 213 cm³/mol. The summed E-state index contributed by atoms with van der Waals surface area (Å²) < 4.78 is 0. The van der Waals surface area contributed by atoms with E-state index in [0.717, 1.165) is 47.0 Å². The Kier molecular flexibility index (Phi) is 10.7. The molecule has 7 rings (SSSR count). The highest BCUT2D eigenvalue weighted by Crippen LogP contribution is 2.69. The number of carboxylic acid groups (broad SMARTS) is 1. The third kappa shape index (κ3) is 6.88. The number of aliphatic hydroxyl groups is 3. The van der Waals surface area contributed by atoms with E-state index in [1.54, 1.807) is 6.92 Å². The van der Waals surface area contributed by atoms with Crippen molar-refractivity contribution in [2.75, 3.05) is 5.32 Å². The van der Waals surface area contributed by atoms with E-state index in [-0.39, 0.29) is 58.5 Å². The van der Waals surface area contributed by atoms with E-state index < -0.39 is 23.8 Å². The number of rotatable bonds is 11. The third-order valence-electron chi connectivity index (χ3n) is 15.4. The van der Waals surface area contributed by atoms with Gasteiger partial charge in [0, 0.05) is 23.4 Å². The first kappa shape index (κ1) is 39.2. The molecule has 4 aliphatic rings. The smallest absolute Gasteiger partial charge is 0.303 e. The molecule has 0 amide bonds. The second-order valence-electron chi connectivity index (χ2n) is 18.2. The highest BCUT2D eigenvalue weighted by molar-refractivity contribution is 6.31. The number of hydrogen-bond donors (Lipinski definition) is 5. The normalized spacial score (nSPS) is 35.2. The van der Waals surface area contributed by atoms with Crippen molar-refractivity contribution in [1.82, 2.24) is 4.98 Å². The molecule has 0 aliphatic heterocycles. The van der Waals surface area contributed by atoms with Gasteiger partial charge in [0.25, 0.3) is 0 Å². The fraction of sp³-hybridized carbons (Fsp3) is 0.622. The van der Waals surface area contributed by atoms with E-state index in [2.05, 4.69) is 37.1 Å². The Morgan fingerprint density at radius 1 is 1.06 bits per heavy atom. The number of ketones is 1. The fourth-order valence-corrected chi connectivity index (χ4v) is 12.7. The quantitative estimate of drug-likeness (QED) is 0.122. The Morgan fingerprint density at radius 2 is 1.81 bits per heavy atom. The SMILES string of the molecule is CC(=O)c1c(C)nc2ccccc2c1NCc1ccc(CC[C@@]2(O)CCC3(C)C(CC(O)C4C3CC(O)C3(C)C4CC[C@@H]3C(C)CCC(=O)O)C2)cc1Cl. The average molecular weight is 759 g/mol. The number of Topliss-reactive ketones (excluding diaryl/α,β-unsaturated/α-hetero) is 1. The van der Waals surface area contributed by atoms with Crippen molar-refractivity contribution in [1.29, 1.82) is 0 Å². The van der Waals surface area contributed by atoms with E-state index in [0.29, 0.717) is 67.8 Å². The molecule has 1 heterocycles. The summed E-state index contributed by atoms with van der Waals surface area (Å²) in [6, 6.07) is 13.9. The number of nitrogens with one attached hydrogen (secondary N) is 1. The predicted octanol–water partition coefficient (Wildman–Crippen LogP) is 8.78. The summed E-state index contributed by atoms with van der Waals surface area (Å²) in [4.78, 5) is 28.6. The van der Waals surface area contributed by atoms with Crippen molar-refractivity contribution in [2.24, 2.45) is 46.3 Å². The highest BCUT2D eigenvalue weighted by Gasteiger charge is 2.66. The van der Waals surface area contributed by atoms with Gasteiger partial charge in [0.05, 0.1) is 40.3 Å². The van der Waals surface area contributed by atoms with Crippen molar-refractivity contribution >= 4 is 39.9 Å². The first-order valence-electron chi connectivity index (χ1n) is 20.3. The van der Waals surface area contributed by atoms with Crippen LogP contribution in [0.15, 0.2) is 42.5 Å².